The summed E-state index contributed by atoms with van der Waals surface area (Å²) in [6.07, 6.45) is 2.34. The maximum Gasteiger partial charge on any atom is 0.310 e. The number of hydrogen-bond donors (Lipinski definition) is 1. The van der Waals surface area contributed by atoms with Crippen LogP contribution in [0.2, 0.25) is 0 Å². The minimum atomic E-state index is -0.550. The normalized spacial score (nSPS) is 13.5. The predicted molar refractivity (Wildman–Crippen MR) is 98.0 cm³/mol. The van der Waals surface area contributed by atoms with Crippen molar-refractivity contribution >= 4 is 23.1 Å². The van der Waals surface area contributed by atoms with Gasteiger partial charge in [0.25, 0.3) is 5.91 Å². The zero-order chi connectivity index (χ0) is 18.7. The van der Waals surface area contributed by atoms with E-state index in [4.69, 9.17) is 4.74 Å². The third-order valence-electron chi connectivity index (χ3n) is 4.39. The van der Waals surface area contributed by atoms with E-state index in [1.165, 1.54) is 38.2 Å². The van der Waals surface area contributed by atoms with Crippen molar-refractivity contribution in [2.24, 2.45) is 0 Å². The molecule has 1 aromatic carbocycles. The highest BCUT2D eigenvalue weighted by atomic mass is 16.6. The Morgan fingerprint density at radius 3 is 2.62 bits per heavy atom. The molecule has 0 radical (unpaired) electrons. The quantitative estimate of drug-likeness (QED) is 0.653. The Balaban J connectivity index is 1.78. The molecule has 3 rings (SSSR count). The van der Waals surface area contributed by atoms with E-state index in [9.17, 15) is 14.9 Å². The molecule has 1 aromatic heterocycles. The second-order valence-electron chi connectivity index (χ2n) is 6.09. The molecule has 0 saturated carbocycles. The fourth-order valence-electron chi connectivity index (χ4n) is 2.97. The number of carbonyl (C=O) groups excluding carboxylic acids is 1. The molecule has 1 N–H and O–H groups in total. The number of nitrogens with zero attached hydrogens (tertiary/aromatic N) is 3. The van der Waals surface area contributed by atoms with Gasteiger partial charge < -0.3 is 15.0 Å². The standard InChI is InChI=1S/C18H20N4O4/c1-12-14(6-8-17(19-12)21-9-3-4-10-21)20-18(23)13-5-7-15(22(24)25)16(11-13)26-2/h5-8,11H,3-4,9-10H2,1-2H3,(H,20,23). The van der Waals surface area contributed by atoms with Crippen LogP contribution in [0.25, 0.3) is 0 Å². The molecule has 0 spiro atoms. The SMILES string of the molecule is COc1cc(C(=O)Nc2ccc(N3CCCC3)nc2C)ccc1[N+](=O)[O-]. The minimum Gasteiger partial charge on any atom is -0.490 e. The third kappa shape index (κ3) is 3.58. The summed E-state index contributed by atoms with van der Waals surface area (Å²) in [6, 6.07) is 7.74. The number of pyridine rings is 1. The first-order valence-electron chi connectivity index (χ1n) is 8.36. The average Bonchev–Trinajstić information content (AvgIpc) is 3.17. The van der Waals surface area contributed by atoms with E-state index in [2.05, 4.69) is 15.2 Å². The number of benzene rings is 1. The first-order chi connectivity index (χ1) is 12.5. The molecule has 8 nitrogen and oxygen atoms in total. The van der Waals surface area contributed by atoms with Crippen LogP contribution in [0.3, 0.4) is 0 Å². The first kappa shape index (κ1) is 17.7. The molecule has 1 fully saturated rings. The molecular weight excluding hydrogens is 336 g/mol. The summed E-state index contributed by atoms with van der Waals surface area (Å²) in [7, 11) is 1.33. The van der Waals surface area contributed by atoms with Crippen LogP contribution in [-0.2, 0) is 0 Å². The molecule has 136 valence electrons. The Morgan fingerprint density at radius 1 is 1.27 bits per heavy atom. The van der Waals surface area contributed by atoms with Gasteiger partial charge in [-0.1, -0.05) is 0 Å². The van der Waals surface area contributed by atoms with Gasteiger partial charge in [-0.2, -0.15) is 0 Å². The highest BCUT2D eigenvalue weighted by Gasteiger charge is 2.19. The zero-order valence-corrected chi connectivity index (χ0v) is 14.7. The van der Waals surface area contributed by atoms with Crippen LogP contribution in [-0.4, -0.2) is 36.0 Å². The maximum absolute atomic E-state index is 12.5. The highest BCUT2D eigenvalue weighted by Crippen LogP contribution is 2.28. The molecule has 1 aliphatic heterocycles. The Hall–Kier alpha value is -3.16. The van der Waals surface area contributed by atoms with Gasteiger partial charge in [-0.3, -0.25) is 14.9 Å². The van der Waals surface area contributed by atoms with Crippen LogP contribution < -0.4 is 15.0 Å². The Labute approximate surface area is 150 Å². The molecule has 0 bridgehead atoms. The molecule has 0 unspecified atom stereocenters. The number of nitro groups is 1. The van der Waals surface area contributed by atoms with Gasteiger partial charge in [0.15, 0.2) is 5.75 Å². The lowest BCUT2D eigenvalue weighted by Gasteiger charge is -2.18. The van der Waals surface area contributed by atoms with Gasteiger partial charge in [-0.05, 0) is 38.0 Å². The summed E-state index contributed by atoms with van der Waals surface area (Å²) in [5.74, 6) is 0.578. The fourth-order valence-corrected chi connectivity index (χ4v) is 2.97. The number of hydrogen-bond acceptors (Lipinski definition) is 6. The Kier molecular flexibility index (Phi) is 5.01. The monoisotopic (exact) mass is 356 g/mol. The van der Waals surface area contributed by atoms with E-state index in [1.807, 2.05) is 19.1 Å². The van der Waals surface area contributed by atoms with Crippen LogP contribution in [0.5, 0.6) is 5.75 Å². The Morgan fingerprint density at radius 2 is 2.00 bits per heavy atom. The van der Waals surface area contributed by atoms with E-state index in [0.29, 0.717) is 5.69 Å². The first-order valence-corrected chi connectivity index (χ1v) is 8.36. The van der Waals surface area contributed by atoms with Crippen molar-refractivity contribution in [3.8, 4) is 5.75 Å². The third-order valence-corrected chi connectivity index (χ3v) is 4.39. The molecule has 8 heteroatoms. The van der Waals surface area contributed by atoms with Gasteiger partial charge in [0, 0.05) is 30.8 Å². The second-order valence-corrected chi connectivity index (χ2v) is 6.09. The smallest absolute Gasteiger partial charge is 0.310 e. The van der Waals surface area contributed by atoms with Crippen LogP contribution >= 0.6 is 0 Å². The summed E-state index contributed by atoms with van der Waals surface area (Å²) in [4.78, 5) is 29.7. The number of nitrogens with one attached hydrogen (secondary N) is 1. The van der Waals surface area contributed by atoms with Crippen LogP contribution in [0, 0.1) is 17.0 Å². The van der Waals surface area contributed by atoms with Crippen LogP contribution in [0.1, 0.15) is 28.9 Å². The van der Waals surface area contributed by atoms with Gasteiger partial charge in [0.2, 0.25) is 0 Å². The number of ether oxygens (including phenoxy) is 1. The lowest BCUT2D eigenvalue weighted by molar-refractivity contribution is -0.385. The second kappa shape index (κ2) is 7.38. The number of aryl methyl sites for hydroxylation is 1. The van der Waals surface area contributed by atoms with Crippen molar-refractivity contribution < 1.29 is 14.5 Å². The van der Waals surface area contributed by atoms with Crippen molar-refractivity contribution in [1.82, 2.24) is 4.98 Å². The van der Waals surface area contributed by atoms with Crippen molar-refractivity contribution in [3.05, 3.63) is 51.7 Å². The maximum atomic E-state index is 12.5. The largest absolute Gasteiger partial charge is 0.490 e. The van der Waals surface area contributed by atoms with E-state index in [0.717, 1.165) is 24.6 Å². The number of nitro benzene ring substituents is 1. The number of rotatable bonds is 5. The van der Waals surface area contributed by atoms with Gasteiger partial charge in [0.05, 0.1) is 23.4 Å². The van der Waals surface area contributed by atoms with Crippen molar-refractivity contribution in [3.63, 3.8) is 0 Å². The van der Waals surface area contributed by atoms with E-state index >= 15 is 0 Å². The molecular formula is C18H20N4O4. The molecule has 26 heavy (non-hydrogen) atoms. The lowest BCUT2D eigenvalue weighted by atomic mass is 10.1. The van der Waals surface area contributed by atoms with Crippen LogP contribution in [0.15, 0.2) is 30.3 Å². The summed E-state index contributed by atoms with van der Waals surface area (Å²) in [5, 5.41) is 13.8. The van der Waals surface area contributed by atoms with Gasteiger partial charge >= 0.3 is 5.69 Å². The highest BCUT2D eigenvalue weighted by molar-refractivity contribution is 6.05. The number of methoxy groups -OCH3 is 1. The van der Waals surface area contributed by atoms with Gasteiger partial charge in [-0.25, -0.2) is 4.98 Å². The lowest BCUT2D eigenvalue weighted by Crippen LogP contribution is -2.20. The molecule has 1 aliphatic rings. The van der Waals surface area contributed by atoms with Gasteiger partial charge in [0.1, 0.15) is 5.82 Å². The molecule has 0 atom stereocenters. The van der Waals surface area contributed by atoms with Crippen molar-refractivity contribution in [2.45, 2.75) is 19.8 Å². The predicted octanol–water partition coefficient (Wildman–Crippen LogP) is 3.16. The molecule has 2 aromatic rings. The molecule has 1 saturated heterocycles. The van der Waals surface area contributed by atoms with E-state index in [1.54, 1.807) is 0 Å². The van der Waals surface area contributed by atoms with Crippen molar-refractivity contribution in [2.75, 3.05) is 30.4 Å². The summed E-state index contributed by atoms with van der Waals surface area (Å²) in [5.41, 5.74) is 1.42. The average molecular weight is 356 g/mol. The summed E-state index contributed by atoms with van der Waals surface area (Å²) >= 11 is 0. The minimum absolute atomic E-state index is 0.0434. The molecule has 2 heterocycles. The molecule has 1 amide bonds. The Bertz CT molecular complexity index is 847. The zero-order valence-electron chi connectivity index (χ0n) is 14.7. The number of amides is 1. The number of carbonyl (C=O) groups is 1. The topological polar surface area (TPSA) is 97.6 Å². The van der Waals surface area contributed by atoms with Crippen molar-refractivity contribution in [1.29, 1.82) is 0 Å². The number of anilines is 2. The summed E-state index contributed by atoms with van der Waals surface area (Å²) < 4.78 is 5.00. The van der Waals surface area contributed by atoms with Gasteiger partial charge in [-0.15, -0.1) is 0 Å². The van der Waals surface area contributed by atoms with E-state index in [-0.39, 0.29) is 22.9 Å². The number of aromatic nitrogens is 1. The molecule has 0 aliphatic carbocycles. The van der Waals surface area contributed by atoms with Crippen LogP contribution in [0.4, 0.5) is 17.2 Å². The fraction of sp³-hybridized carbons (Fsp3) is 0.333. The summed E-state index contributed by atoms with van der Waals surface area (Å²) in [6.45, 7) is 3.84. The van der Waals surface area contributed by atoms with E-state index < -0.39 is 4.92 Å².